The number of nitrogens with two attached hydrogens (primary N) is 1. The van der Waals surface area contributed by atoms with Gasteiger partial charge in [-0.1, -0.05) is 18.2 Å². The standard InChI is InChI=1S/C16H18BrNS/c1-10-8-14(19-16(10)17)15(18)13-7-6-11-4-2-3-5-12(11)9-13/h6-9,15H,2-5,18H2,1H3. The van der Waals surface area contributed by atoms with Gasteiger partial charge >= 0.3 is 0 Å². The van der Waals surface area contributed by atoms with Crippen LogP contribution in [0.3, 0.4) is 0 Å². The Morgan fingerprint density at radius 3 is 2.58 bits per heavy atom. The number of halogens is 1. The van der Waals surface area contributed by atoms with Crippen molar-refractivity contribution in [1.29, 1.82) is 0 Å². The fraction of sp³-hybridized carbons (Fsp3) is 0.375. The highest BCUT2D eigenvalue weighted by Gasteiger charge is 2.16. The molecule has 1 aromatic heterocycles. The summed E-state index contributed by atoms with van der Waals surface area (Å²) >= 11 is 5.33. The highest BCUT2D eigenvalue weighted by molar-refractivity contribution is 9.11. The van der Waals surface area contributed by atoms with Crippen molar-refractivity contribution in [2.75, 3.05) is 0 Å². The van der Waals surface area contributed by atoms with Gasteiger partial charge in [0, 0.05) is 4.88 Å². The van der Waals surface area contributed by atoms with Crippen molar-refractivity contribution >= 4 is 27.3 Å². The van der Waals surface area contributed by atoms with Gasteiger partial charge in [0.25, 0.3) is 0 Å². The van der Waals surface area contributed by atoms with Gasteiger partial charge in [0.1, 0.15) is 0 Å². The number of thiophene rings is 1. The van der Waals surface area contributed by atoms with Crippen LogP contribution in [-0.4, -0.2) is 0 Å². The molecule has 0 saturated carbocycles. The van der Waals surface area contributed by atoms with Crippen LogP contribution in [0.25, 0.3) is 0 Å². The molecule has 1 aliphatic carbocycles. The van der Waals surface area contributed by atoms with Crippen LogP contribution in [0.15, 0.2) is 28.1 Å². The molecule has 2 aromatic rings. The Bertz CT molecular complexity index is 583. The molecule has 19 heavy (non-hydrogen) atoms. The zero-order valence-electron chi connectivity index (χ0n) is 11.1. The first-order chi connectivity index (χ1) is 9.15. The maximum Gasteiger partial charge on any atom is 0.0731 e. The van der Waals surface area contributed by atoms with Crippen molar-refractivity contribution < 1.29 is 0 Å². The van der Waals surface area contributed by atoms with Gasteiger partial charge in [-0.25, -0.2) is 0 Å². The summed E-state index contributed by atoms with van der Waals surface area (Å²) < 4.78 is 1.19. The van der Waals surface area contributed by atoms with E-state index >= 15 is 0 Å². The van der Waals surface area contributed by atoms with Gasteiger partial charge in [-0.2, -0.15) is 0 Å². The summed E-state index contributed by atoms with van der Waals surface area (Å²) in [5.41, 5.74) is 12.0. The van der Waals surface area contributed by atoms with Crippen molar-refractivity contribution in [2.45, 2.75) is 38.6 Å². The van der Waals surface area contributed by atoms with Gasteiger partial charge in [0.2, 0.25) is 0 Å². The first-order valence-corrected chi connectivity index (χ1v) is 8.39. The first kappa shape index (κ1) is 13.3. The largest absolute Gasteiger partial charge is 0.320 e. The highest BCUT2D eigenvalue weighted by Crippen LogP contribution is 2.34. The van der Waals surface area contributed by atoms with Gasteiger partial charge < -0.3 is 5.73 Å². The van der Waals surface area contributed by atoms with Crippen molar-refractivity contribution in [1.82, 2.24) is 0 Å². The van der Waals surface area contributed by atoms with Gasteiger partial charge in [0.05, 0.1) is 9.83 Å². The SMILES string of the molecule is Cc1cc(C(N)c2ccc3c(c2)CCCC3)sc1Br. The predicted molar refractivity (Wildman–Crippen MR) is 85.9 cm³/mol. The summed E-state index contributed by atoms with van der Waals surface area (Å²) in [6, 6.07) is 9.00. The smallest absolute Gasteiger partial charge is 0.0731 e. The summed E-state index contributed by atoms with van der Waals surface area (Å²) in [5.74, 6) is 0. The fourth-order valence-electron chi connectivity index (χ4n) is 2.75. The van der Waals surface area contributed by atoms with E-state index in [1.54, 1.807) is 11.3 Å². The van der Waals surface area contributed by atoms with Gasteiger partial charge in [-0.3, -0.25) is 0 Å². The van der Waals surface area contributed by atoms with E-state index in [0.717, 1.165) is 0 Å². The molecule has 1 atom stereocenters. The topological polar surface area (TPSA) is 26.0 Å². The first-order valence-electron chi connectivity index (χ1n) is 6.78. The molecular formula is C16H18BrNS. The van der Waals surface area contributed by atoms with Gasteiger partial charge in [-0.15, -0.1) is 11.3 Å². The van der Waals surface area contributed by atoms with E-state index in [-0.39, 0.29) is 6.04 Å². The second-order valence-corrected chi connectivity index (χ2v) is 7.72. The lowest BCUT2D eigenvalue weighted by atomic mass is 9.89. The van der Waals surface area contributed by atoms with Crippen molar-refractivity contribution in [3.63, 3.8) is 0 Å². The van der Waals surface area contributed by atoms with E-state index < -0.39 is 0 Å². The predicted octanol–water partition coefficient (Wildman–Crippen LogP) is 4.75. The number of aryl methyl sites for hydroxylation is 3. The lowest BCUT2D eigenvalue weighted by Crippen LogP contribution is -2.12. The third-order valence-electron chi connectivity index (χ3n) is 3.91. The Hall–Kier alpha value is -0.640. The molecular weight excluding hydrogens is 318 g/mol. The monoisotopic (exact) mass is 335 g/mol. The number of rotatable bonds is 2. The molecule has 0 saturated heterocycles. The molecule has 0 bridgehead atoms. The molecule has 0 fully saturated rings. The number of hydrogen-bond donors (Lipinski definition) is 1. The molecule has 0 aliphatic heterocycles. The lowest BCUT2D eigenvalue weighted by molar-refractivity contribution is 0.683. The molecule has 1 unspecified atom stereocenters. The molecule has 1 heterocycles. The third kappa shape index (κ3) is 2.64. The van der Waals surface area contributed by atoms with Crippen LogP contribution >= 0.6 is 27.3 Å². The average Bonchev–Trinajstić information content (AvgIpc) is 2.77. The Morgan fingerprint density at radius 2 is 1.89 bits per heavy atom. The summed E-state index contributed by atoms with van der Waals surface area (Å²) in [6.07, 6.45) is 5.09. The van der Waals surface area contributed by atoms with E-state index in [9.17, 15) is 0 Å². The maximum atomic E-state index is 6.42. The minimum atomic E-state index is 0.00206. The number of hydrogen-bond acceptors (Lipinski definition) is 2. The van der Waals surface area contributed by atoms with E-state index in [1.807, 2.05) is 0 Å². The van der Waals surface area contributed by atoms with Crippen molar-refractivity contribution in [2.24, 2.45) is 5.73 Å². The molecule has 1 aromatic carbocycles. The Kier molecular flexibility index (Phi) is 3.79. The minimum absolute atomic E-state index is 0.00206. The van der Waals surface area contributed by atoms with Crippen LogP contribution in [0, 0.1) is 6.92 Å². The molecule has 0 spiro atoms. The van der Waals surface area contributed by atoms with Crippen molar-refractivity contribution in [3.8, 4) is 0 Å². The quantitative estimate of drug-likeness (QED) is 0.842. The van der Waals surface area contributed by atoms with Crippen LogP contribution < -0.4 is 5.73 Å². The van der Waals surface area contributed by atoms with Gasteiger partial charge in [0.15, 0.2) is 0 Å². The molecule has 0 radical (unpaired) electrons. The van der Waals surface area contributed by atoms with Gasteiger partial charge in [-0.05, 0) is 76.9 Å². The van der Waals surface area contributed by atoms with E-state index in [4.69, 9.17) is 5.73 Å². The van der Waals surface area contributed by atoms with Crippen LogP contribution in [0.2, 0.25) is 0 Å². The summed E-state index contributed by atoms with van der Waals surface area (Å²) in [4.78, 5) is 1.24. The second kappa shape index (κ2) is 5.39. The lowest BCUT2D eigenvalue weighted by Gasteiger charge is -2.18. The van der Waals surface area contributed by atoms with E-state index in [2.05, 4.69) is 47.1 Å². The minimum Gasteiger partial charge on any atom is -0.320 e. The van der Waals surface area contributed by atoms with Crippen LogP contribution in [0.5, 0.6) is 0 Å². The highest BCUT2D eigenvalue weighted by atomic mass is 79.9. The molecule has 3 rings (SSSR count). The maximum absolute atomic E-state index is 6.42. The number of fused-ring (bicyclic) bond motifs is 1. The van der Waals surface area contributed by atoms with Crippen molar-refractivity contribution in [3.05, 3.63) is 55.2 Å². The Labute approximate surface area is 127 Å². The summed E-state index contributed by atoms with van der Waals surface area (Å²) in [5, 5.41) is 0. The Morgan fingerprint density at radius 1 is 1.16 bits per heavy atom. The molecule has 2 N–H and O–H groups in total. The summed E-state index contributed by atoms with van der Waals surface area (Å²) in [7, 11) is 0. The third-order valence-corrected chi connectivity index (χ3v) is 6.13. The van der Waals surface area contributed by atoms with Crippen LogP contribution in [-0.2, 0) is 12.8 Å². The fourth-order valence-corrected chi connectivity index (χ4v) is 4.35. The molecule has 1 nitrogen and oxygen atoms in total. The Balaban J connectivity index is 1.93. The van der Waals surface area contributed by atoms with E-state index in [1.165, 1.54) is 56.6 Å². The average molecular weight is 336 g/mol. The zero-order valence-corrected chi connectivity index (χ0v) is 13.5. The normalized spacial score (nSPS) is 16.2. The van der Waals surface area contributed by atoms with E-state index in [0.29, 0.717) is 0 Å². The molecule has 1 aliphatic rings. The molecule has 0 amide bonds. The van der Waals surface area contributed by atoms with Crippen LogP contribution in [0.1, 0.15) is 46.0 Å². The summed E-state index contributed by atoms with van der Waals surface area (Å²) in [6.45, 7) is 2.11. The van der Waals surface area contributed by atoms with Crippen LogP contribution in [0.4, 0.5) is 0 Å². The molecule has 100 valence electrons. The molecule has 3 heteroatoms. The zero-order chi connectivity index (χ0) is 13.4. The number of benzene rings is 1. The second-order valence-electron chi connectivity index (χ2n) is 5.32.